The molecular formula is C11H13BrClNO2. The van der Waals surface area contributed by atoms with Crippen molar-refractivity contribution in [2.75, 3.05) is 6.54 Å². The van der Waals surface area contributed by atoms with Crippen LogP contribution in [0.3, 0.4) is 0 Å². The highest BCUT2D eigenvalue weighted by molar-refractivity contribution is 9.10. The lowest BCUT2D eigenvalue weighted by atomic mass is 10.2. The Morgan fingerprint density at radius 2 is 2.31 bits per heavy atom. The monoisotopic (exact) mass is 305 g/mol. The molecule has 0 saturated heterocycles. The van der Waals surface area contributed by atoms with Gasteiger partial charge in [-0.05, 0) is 47.5 Å². The van der Waals surface area contributed by atoms with Gasteiger partial charge in [-0.15, -0.1) is 0 Å². The van der Waals surface area contributed by atoms with Crippen LogP contribution in [0.15, 0.2) is 22.7 Å². The van der Waals surface area contributed by atoms with Gasteiger partial charge in [0.1, 0.15) is 0 Å². The van der Waals surface area contributed by atoms with Gasteiger partial charge >= 0.3 is 0 Å². The van der Waals surface area contributed by atoms with E-state index >= 15 is 0 Å². The third-order valence-corrected chi connectivity index (χ3v) is 2.91. The average Bonchev–Trinajstić information content (AvgIpc) is 2.16. The summed E-state index contributed by atoms with van der Waals surface area (Å²) in [7, 11) is 0. The summed E-state index contributed by atoms with van der Waals surface area (Å²) < 4.78 is 0.662. The van der Waals surface area contributed by atoms with Crippen molar-refractivity contribution in [2.24, 2.45) is 0 Å². The van der Waals surface area contributed by atoms with E-state index in [2.05, 4.69) is 21.2 Å². The molecule has 1 amide bonds. The molecule has 0 aliphatic carbocycles. The van der Waals surface area contributed by atoms with Gasteiger partial charge in [0.15, 0.2) is 0 Å². The second kappa shape index (κ2) is 6.23. The largest absolute Gasteiger partial charge is 0.393 e. The number of amides is 1. The molecule has 1 aromatic carbocycles. The van der Waals surface area contributed by atoms with E-state index in [-0.39, 0.29) is 5.91 Å². The van der Waals surface area contributed by atoms with E-state index in [4.69, 9.17) is 16.7 Å². The number of nitrogens with one attached hydrogen (secondary N) is 1. The van der Waals surface area contributed by atoms with Gasteiger partial charge in [-0.1, -0.05) is 11.6 Å². The second-order valence-corrected chi connectivity index (χ2v) is 4.81. The minimum absolute atomic E-state index is 0.177. The zero-order chi connectivity index (χ0) is 12.1. The normalized spacial score (nSPS) is 12.2. The molecule has 88 valence electrons. The highest BCUT2D eigenvalue weighted by atomic mass is 79.9. The number of carbonyl (C=O) groups is 1. The molecule has 0 bridgehead atoms. The van der Waals surface area contributed by atoms with Gasteiger partial charge < -0.3 is 10.4 Å². The third kappa shape index (κ3) is 4.12. The summed E-state index contributed by atoms with van der Waals surface area (Å²) in [5.41, 5.74) is 0.537. The standard InChI is InChI=1S/C11H13BrClNO2/c1-7(15)4-5-14-11(16)9-3-2-8(13)6-10(9)12/h2-3,6-7,15H,4-5H2,1H3,(H,14,16). The molecule has 1 atom stereocenters. The van der Waals surface area contributed by atoms with E-state index in [0.29, 0.717) is 28.0 Å². The fourth-order valence-electron chi connectivity index (χ4n) is 1.16. The number of aliphatic hydroxyl groups excluding tert-OH is 1. The predicted octanol–water partition coefficient (Wildman–Crippen LogP) is 2.60. The van der Waals surface area contributed by atoms with Crippen LogP contribution in [0.5, 0.6) is 0 Å². The molecular weight excluding hydrogens is 293 g/mol. The van der Waals surface area contributed by atoms with Crippen molar-refractivity contribution in [3.05, 3.63) is 33.3 Å². The molecule has 0 fully saturated rings. The number of aliphatic hydroxyl groups is 1. The highest BCUT2D eigenvalue weighted by Crippen LogP contribution is 2.21. The molecule has 0 heterocycles. The molecule has 2 N–H and O–H groups in total. The second-order valence-electron chi connectivity index (χ2n) is 3.52. The zero-order valence-corrected chi connectivity index (χ0v) is 11.2. The van der Waals surface area contributed by atoms with Crippen LogP contribution in [0.25, 0.3) is 0 Å². The predicted molar refractivity (Wildman–Crippen MR) is 67.8 cm³/mol. The van der Waals surface area contributed by atoms with E-state index < -0.39 is 6.10 Å². The van der Waals surface area contributed by atoms with Crippen LogP contribution in [-0.2, 0) is 0 Å². The molecule has 0 aliphatic heterocycles. The van der Waals surface area contributed by atoms with Gasteiger partial charge in [-0.2, -0.15) is 0 Å². The third-order valence-electron chi connectivity index (χ3n) is 2.02. The first kappa shape index (κ1) is 13.5. The van der Waals surface area contributed by atoms with E-state index in [1.54, 1.807) is 25.1 Å². The Morgan fingerprint density at radius 1 is 1.62 bits per heavy atom. The summed E-state index contributed by atoms with van der Waals surface area (Å²) in [5.74, 6) is -0.177. The first-order chi connectivity index (χ1) is 7.50. The summed E-state index contributed by atoms with van der Waals surface area (Å²) in [5, 5.41) is 12.3. The topological polar surface area (TPSA) is 49.3 Å². The van der Waals surface area contributed by atoms with E-state index in [1.807, 2.05) is 0 Å². The molecule has 16 heavy (non-hydrogen) atoms. The van der Waals surface area contributed by atoms with Crippen LogP contribution in [0.1, 0.15) is 23.7 Å². The maximum atomic E-state index is 11.7. The maximum Gasteiger partial charge on any atom is 0.252 e. The molecule has 0 saturated carbocycles. The summed E-state index contributed by atoms with van der Waals surface area (Å²) >= 11 is 9.05. The highest BCUT2D eigenvalue weighted by Gasteiger charge is 2.09. The van der Waals surface area contributed by atoms with Gasteiger partial charge in [-0.25, -0.2) is 0 Å². The summed E-state index contributed by atoms with van der Waals surface area (Å²) in [6.45, 7) is 2.13. The maximum absolute atomic E-state index is 11.7. The first-order valence-electron chi connectivity index (χ1n) is 4.92. The zero-order valence-electron chi connectivity index (χ0n) is 8.84. The Bertz CT molecular complexity index is 382. The number of halogens is 2. The lowest BCUT2D eigenvalue weighted by molar-refractivity contribution is 0.0945. The molecule has 3 nitrogen and oxygen atoms in total. The average molecular weight is 307 g/mol. The van der Waals surface area contributed by atoms with Crippen molar-refractivity contribution < 1.29 is 9.90 Å². The molecule has 5 heteroatoms. The Kier molecular flexibility index (Phi) is 5.25. The van der Waals surface area contributed by atoms with E-state index in [1.165, 1.54) is 0 Å². The Balaban J connectivity index is 2.59. The number of hydrogen-bond acceptors (Lipinski definition) is 2. The van der Waals surface area contributed by atoms with Crippen LogP contribution < -0.4 is 5.32 Å². The summed E-state index contributed by atoms with van der Waals surface area (Å²) in [4.78, 5) is 11.7. The van der Waals surface area contributed by atoms with Gasteiger partial charge in [0, 0.05) is 16.0 Å². The molecule has 1 unspecified atom stereocenters. The quantitative estimate of drug-likeness (QED) is 0.898. The fourth-order valence-corrected chi connectivity index (χ4v) is 2.03. The van der Waals surface area contributed by atoms with Gasteiger partial charge in [-0.3, -0.25) is 4.79 Å². The van der Waals surface area contributed by atoms with Crippen molar-refractivity contribution in [1.82, 2.24) is 5.32 Å². The minimum Gasteiger partial charge on any atom is -0.393 e. The van der Waals surface area contributed by atoms with Crippen LogP contribution in [0, 0.1) is 0 Å². The summed E-state index contributed by atoms with van der Waals surface area (Å²) in [6, 6.07) is 4.99. The smallest absolute Gasteiger partial charge is 0.252 e. The van der Waals surface area contributed by atoms with Crippen LogP contribution in [0.4, 0.5) is 0 Å². The Labute approximate surface area is 108 Å². The molecule has 1 aromatic rings. The van der Waals surface area contributed by atoms with E-state index in [0.717, 1.165) is 0 Å². The van der Waals surface area contributed by atoms with E-state index in [9.17, 15) is 4.79 Å². The van der Waals surface area contributed by atoms with Gasteiger partial charge in [0.05, 0.1) is 11.7 Å². The lowest BCUT2D eigenvalue weighted by Gasteiger charge is -2.08. The van der Waals surface area contributed by atoms with Crippen molar-refractivity contribution in [3.63, 3.8) is 0 Å². The number of hydrogen-bond donors (Lipinski definition) is 2. The SMILES string of the molecule is CC(O)CCNC(=O)c1ccc(Cl)cc1Br. The van der Waals surface area contributed by atoms with Crippen molar-refractivity contribution in [2.45, 2.75) is 19.4 Å². The van der Waals surface area contributed by atoms with Crippen LogP contribution in [0.2, 0.25) is 5.02 Å². The van der Waals surface area contributed by atoms with Crippen molar-refractivity contribution in [3.8, 4) is 0 Å². The molecule has 0 aromatic heterocycles. The lowest BCUT2D eigenvalue weighted by Crippen LogP contribution is -2.26. The fraction of sp³-hybridized carbons (Fsp3) is 0.364. The number of benzene rings is 1. The molecule has 0 aliphatic rings. The van der Waals surface area contributed by atoms with Crippen LogP contribution >= 0.6 is 27.5 Å². The van der Waals surface area contributed by atoms with Gasteiger partial charge in [0.25, 0.3) is 5.91 Å². The molecule has 0 radical (unpaired) electrons. The first-order valence-corrected chi connectivity index (χ1v) is 6.09. The molecule has 1 rings (SSSR count). The van der Waals surface area contributed by atoms with Crippen LogP contribution in [-0.4, -0.2) is 23.7 Å². The minimum atomic E-state index is -0.408. The summed E-state index contributed by atoms with van der Waals surface area (Å²) in [6.07, 6.45) is 0.130. The van der Waals surface area contributed by atoms with Gasteiger partial charge in [0.2, 0.25) is 0 Å². The Morgan fingerprint density at radius 3 is 2.88 bits per heavy atom. The Hall–Kier alpha value is -0.580. The number of rotatable bonds is 4. The van der Waals surface area contributed by atoms with Crippen molar-refractivity contribution in [1.29, 1.82) is 0 Å². The van der Waals surface area contributed by atoms with Crippen molar-refractivity contribution >= 4 is 33.4 Å². The molecule has 0 spiro atoms. The number of carbonyl (C=O) groups excluding carboxylic acids is 1.